The van der Waals surface area contributed by atoms with Gasteiger partial charge in [-0.3, -0.25) is 4.79 Å². The number of ether oxygens (including phenoxy) is 2. The Morgan fingerprint density at radius 2 is 1.82 bits per heavy atom. The monoisotopic (exact) mass is 472 g/mol. The topological polar surface area (TPSA) is 42.0 Å². The van der Waals surface area contributed by atoms with Gasteiger partial charge in [-0.1, -0.05) is 18.2 Å². The Morgan fingerprint density at radius 1 is 1.12 bits per heavy atom. The molecule has 5 rings (SSSR count). The van der Waals surface area contributed by atoms with E-state index in [1.165, 1.54) is 18.4 Å². The van der Waals surface area contributed by atoms with Crippen LogP contribution in [0, 0.1) is 5.41 Å². The molecular weight excluding hydrogens is 431 g/mol. The highest BCUT2D eigenvalue weighted by Crippen LogP contribution is 2.51. The number of piperidine rings is 1. The van der Waals surface area contributed by atoms with E-state index in [1.807, 2.05) is 0 Å². The Labute approximate surface area is 204 Å². The maximum Gasteiger partial charge on any atom is 0.260 e. The summed E-state index contributed by atoms with van der Waals surface area (Å²) in [5.41, 5.74) is -0.0940. The van der Waals surface area contributed by atoms with Crippen LogP contribution >= 0.6 is 0 Å². The van der Waals surface area contributed by atoms with Gasteiger partial charge in [0.2, 0.25) is 0 Å². The molecule has 4 fully saturated rings. The number of hydrogen-bond donors (Lipinski definition) is 0. The molecule has 0 radical (unpaired) electrons. The minimum absolute atomic E-state index is 0.172. The van der Waals surface area contributed by atoms with Gasteiger partial charge < -0.3 is 19.3 Å². The third kappa shape index (κ3) is 4.86. The van der Waals surface area contributed by atoms with Crippen molar-refractivity contribution in [1.29, 1.82) is 0 Å². The fraction of sp³-hybridized carbons (Fsp3) is 0.750. The number of carbonyl (C=O) groups excluding carboxylic acids is 1. The van der Waals surface area contributed by atoms with Crippen LogP contribution in [0.4, 0.5) is 4.39 Å². The van der Waals surface area contributed by atoms with Crippen molar-refractivity contribution in [3.05, 3.63) is 29.8 Å². The molecule has 1 amide bonds. The Bertz CT molecular complexity index is 885. The third-order valence-electron chi connectivity index (χ3n) is 9.01. The molecule has 1 spiro atoms. The van der Waals surface area contributed by atoms with Gasteiger partial charge in [-0.2, -0.15) is 0 Å². The molecule has 188 valence electrons. The number of halogens is 1. The van der Waals surface area contributed by atoms with Crippen LogP contribution in [-0.4, -0.2) is 72.9 Å². The summed E-state index contributed by atoms with van der Waals surface area (Å²) >= 11 is 0. The zero-order chi connectivity index (χ0) is 24.0. The zero-order valence-electron chi connectivity index (χ0n) is 21.2. The van der Waals surface area contributed by atoms with Crippen LogP contribution in [-0.2, 0) is 9.53 Å². The Balaban J connectivity index is 1.10. The molecule has 2 aliphatic carbocycles. The molecule has 1 aromatic rings. The summed E-state index contributed by atoms with van der Waals surface area (Å²) in [7, 11) is 1.75. The van der Waals surface area contributed by atoms with Gasteiger partial charge in [-0.15, -0.1) is 0 Å². The molecule has 0 N–H and O–H groups in total. The van der Waals surface area contributed by atoms with E-state index in [1.54, 1.807) is 12.0 Å². The highest BCUT2D eigenvalue weighted by atomic mass is 19.1. The van der Waals surface area contributed by atoms with Crippen LogP contribution < -0.4 is 4.74 Å². The summed E-state index contributed by atoms with van der Waals surface area (Å²) in [6.07, 6.45) is 7.56. The summed E-state index contributed by atoms with van der Waals surface area (Å²) < 4.78 is 25.9. The molecular formula is C28H41FN2O3. The number of hydrogen-bond acceptors (Lipinski definition) is 4. The van der Waals surface area contributed by atoms with Gasteiger partial charge in [0.15, 0.2) is 5.67 Å². The van der Waals surface area contributed by atoms with Crippen molar-refractivity contribution >= 4 is 5.91 Å². The quantitative estimate of drug-likeness (QED) is 0.537. The lowest BCUT2D eigenvalue weighted by atomic mass is 9.77. The first kappa shape index (κ1) is 24.1. The Morgan fingerprint density at radius 3 is 2.50 bits per heavy atom. The summed E-state index contributed by atoms with van der Waals surface area (Å²) in [6.45, 7) is 8.62. The average molecular weight is 473 g/mol. The summed E-state index contributed by atoms with van der Waals surface area (Å²) in [4.78, 5) is 16.7. The molecule has 2 saturated carbocycles. The van der Waals surface area contributed by atoms with E-state index in [2.05, 4.69) is 43.0 Å². The van der Waals surface area contributed by atoms with E-state index in [0.29, 0.717) is 31.4 Å². The fourth-order valence-corrected chi connectivity index (χ4v) is 6.32. The van der Waals surface area contributed by atoms with Crippen molar-refractivity contribution in [1.82, 2.24) is 9.80 Å². The molecule has 1 atom stereocenters. The van der Waals surface area contributed by atoms with E-state index in [0.717, 1.165) is 57.6 Å². The number of likely N-dealkylation sites (tertiary alicyclic amines) is 2. The highest BCUT2D eigenvalue weighted by molar-refractivity contribution is 5.88. The van der Waals surface area contributed by atoms with Crippen molar-refractivity contribution in [2.75, 3.05) is 39.9 Å². The number of carbonyl (C=O) groups is 1. The number of amides is 1. The zero-order valence-corrected chi connectivity index (χ0v) is 21.2. The fourth-order valence-electron chi connectivity index (χ4n) is 6.32. The largest absolute Gasteiger partial charge is 0.493 e. The molecule has 0 aromatic heterocycles. The maximum absolute atomic E-state index is 14.1. The minimum atomic E-state index is -1.51. The minimum Gasteiger partial charge on any atom is -0.493 e. The van der Waals surface area contributed by atoms with Gasteiger partial charge >= 0.3 is 0 Å². The van der Waals surface area contributed by atoms with Crippen LogP contribution in [0.3, 0.4) is 0 Å². The SMILES string of the molecule is COC(C)(C)CCOc1ccccc1C1CCN([C@@H]2CCC3(C2)CN(C(=O)C2(F)CC2)C3)CC1. The maximum atomic E-state index is 14.1. The first-order chi connectivity index (χ1) is 16.2. The van der Waals surface area contributed by atoms with Crippen LogP contribution in [0.1, 0.15) is 76.7 Å². The second kappa shape index (κ2) is 9.09. The summed E-state index contributed by atoms with van der Waals surface area (Å²) in [5.74, 6) is 1.32. The molecule has 0 bridgehead atoms. The number of nitrogens with zero attached hydrogens (tertiary/aromatic N) is 2. The molecule has 2 heterocycles. The summed E-state index contributed by atoms with van der Waals surface area (Å²) in [6, 6.07) is 9.14. The second-order valence-electron chi connectivity index (χ2n) is 11.9. The lowest BCUT2D eigenvalue weighted by Crippen LogP contribution is -2.60. The van der Waals surface area contributed by atoms with Crippen LogP contribution in [0.2, 0.25) is 0 Å². The highest BCUT2D eigenvalue weighted by Gasteiger charge is 2.58. The van der Waals surface area contributed by atoms with Gasteiger partial charge in [0.1, 0.15) is 5.75 Å². The number of benzene rings is 1. The second-order valence-corrected chi connectivity index (χ2v) is 11.9. The van der Waals surface area contributed by atoms with Crippen LogP contribution in [0.15, 0.2) is 24.3 Å². The van der Waals surface area contributed by atoms with E-state index in [9.17, 15) is 9.18 Å². The van der Waals surface area contributed by atoms with Gasteiger partial charge in [0, 0.05) is 38.1 Å². The van der Waals surface area contributed by atoms with Crippen molar-refractivity contribution in [3.63, 3.8) is 0 Å². The van der Waals surface area contributed by atoms with Crippen molar-refractivity contribution in [2.24, 2.45) is 5.41 Å². The predicted molar refractivity (Wildman–Crippen MR) is 131 cm³/mol. The van der Waals surface area contributed by atoms with Gasteiger partial charge in [-0.05, 0) is 89.4 Å². The smallest absolute Gasteiger partial charge is 0.260 e. The molecule has 5 nitrogen and oxygen atoms in total. The van der Waals surface area contributed by atoms with Gasteiger partial charge in [-0.25, -0.2) is 4.39 Å². The molecule has 4 aliphatic rings. The molecule has 0 unspecified atom stereocenters. The van der Waals surface area contributed by atoms with E-state index < -0.39 is 5.67 Å². The molecule has 34 heavy (non-hydrogen) atoms. The number of alkyl halides is 1. The summed E-state index contributed by atoms with van der Waals surface area (Å²) in [5, 5.41) is 0. The first-order valence-corrected chi connectivity index (χ1v) is 13.2. The predicted octanol–water partition coefficient (Wildman–Crippen LogP) is 4.94. The molecule has 6 heteroatoms. The van der Waals surface area contributed by atoms with Crippen molar-refractivity contribution < 1.29 is 18.7 Å². The molecule has 2 aliphatic heterocycles. The lowest BCUT2D eigenvalue weighted by molar-refractivity contribution is -0.150. The number of para-hydroxylation sites is 1. The average Bonchev–Trinajstić information content (AvgIpc) is 3.41. The van der Waals surface area contributed by atoms with Gasteiger partial charge in [0.05, 0.1) is 12.2 Å². The Hall–Kier alpha value is -1.66. The van der Waals surface area contributed by atoms with Crippen LogP contribution in [0.5, 0.6) is 5.75 Å². The molecule has 1 aromatic carbocycles. The van der Waals surface area contributed by atoms with E-state index in [4.69, 9.17) is 9.47 Å². The van der Waals surface area contributed by atoms with Gasteiger partial charge in [0.25, 0.3) is 5.91 Å². The standard InChI is InChI=1S/C28H41FN2O3/c1-26(2,33-3)14-17-34-24-7-5-4-6-23(24)21-9-15-30(16-10-21)22-8-11-27(18-22)19-31(20-27)25(32)28(29)12-13-28/h4-7,21-22H,8-20H2,1-3H3/t22-/m1/s1. The number of methoxy groups -OCH3 is 1. The third-order valence-corrected chi connectivity index (χ3v) is 9.01. The van der Waals surface area contributed by atoms with E-state index >= 15 is 0 Å². The number of rotatable bonds is 8. The van der Waals surface area contributed by atoms with Crippen molar-refractivity contribution in [2.45, 2.75) is 88.4 Å². The van der Waals surface area contributed by atoms with Crippen molar-refractivity contribution in [3.8, 4) is 5.75 Å². The lowest BCUT2D eigenvalue weighted by Gasteiger charge is -2.49. The Kier molecular flexibility index (Phi) is 6.43. The molecule has 2 saturated heterocycles. The normalized spacial score (nSPS) is 26.5. The van der Waals surface area contributed by atoms with Crippen LogP contribution in [0.25, 0.3) is 0 Å². The van der Waals surface area contributed by atoms with E-state index in [-0.39, 0.29) is 16.9 Å². The first-order valence-electron chi connectivity index (χ1n) is 13.2.